The maximum atomic E-state index is 8.96. The number of hydrazine groups is 1. The van der Waals surface area contributed by atoms with Gasteiger partial charge in [0, 0.05) is 24.9 Å². The van der Waals surface area contributed by atoms with Crippen LogP contribution in [0.2, 0.25) is 0 Å². The van der Waals surface area contributed by atoms with Gasteiger partial charge in [-0.1, -0.05) is 0 Å². The van der Waals surface area contributed by atoms with Gasteiger partial charge in [0.05, 0.1) is 0 Å². The molecule has 0 fully saturated rings. The molecule has 0 aromatic heterocycles. The quantitative estimate of drug-likeness (QED) is 0.0980. The molecular weight excluding hydrogens is 202 g/mol. The van der Waals surface area contributed by atoms with Crippen LogP contribution in [-0.4, -0.2) is 28.8 Å². The van der Waals surface area contributed by atoms with Gasteiger partial charge in [-0.3, -0.25) is 10.2 Å². The number of hydrogen-bond donors (Lipinski definition) is 6. The van der Waals surface area contributed by atoms with Crippen molar-refractivity contribution in [2.75, 3.05) is 12.4 Å². The van der Waals surface area contributed by atoms with E-state index in [1.54, 1.807) is 12.5 Å². The van der Waals surface area contributed by atoms with Crippen LogP contribution in [0.1, 0.15) is 0 Å². The first-order valence-corrected chi connectivity index (χ1v) is 3.89. The molecule has 0 saturated heterocycles. The number of anilines is 1. The lowest BCUT2D eigenvalue weighted by atomic mass is 10.2. The summed E-state index contributed by atoms with van der Waals surface area (Å²) in [5.74, 6) is 3.24. The Morgan fingerprint density at radius 2 is 1.67 bits per heavy atom. The molecule has 15 heavy (non-hydrogen) atoms. The third-order valence-electron chi connectivity index (χ3n) is 1.43. The molecule has 7 N–H and O–H groups in total. The summed E-state index contributed by atoms with van der Waals surface area (Å²) >= 11 is 0. The molecule has 1 amide bonds. The Kier molecular flexibility index (Phi) is 5.42. The van der Waals surface area contributed by atoms with Crippen molar-refractivity contribution in [3.63, 3.8) is 0 Å². The molecule has 0 aliphatic rings. The molecule has 0 aliphatic carbocycles. The van der Waals surface area contributed by atoms with Crippen LogP contribution in [0, 0.1) is 0 Å². The zero-order valence-corrected chi connectivity index (χ0v) is 8.06. The van der Waals surface area contributed by atoms with Crippen molar-refractivity contribution in [2.45, 2.75) is 0 Å². The minimum Gasteiger partial charge on any atom is -0.504 e. The average Bonchev–Trinajstić information content (AvgIpc) is 2.25. The van der Waals surface area contributed by atoms with Crippen molar-refractivity contribution >= 4 is 12.1 Å². The summed E-state index contributed by atoms with van der Waals surface area (Å²) in [4.78, 5) is 8.94. The Labute approximate surface area is 86.1 Å². The van der Waals surface area contributed by atoms with E-state index < -0.39 is 5.75 Å². The van der Waals surface area contributed by atoms with Gasteiger partial charge in [0.15, 0.2) is 17.2 Å². The van der Waals surface area contributed by atoms with Gasteiger partial charge in [0.1, 0.15) is 0 Å². The normalized spacial score (nSPS) is 8.40. The third-order valence-corrected chi connectivity index (χ3v) is 1.43. The number of phenols is 3. The van der Waals surface area contributed by atoms with Gasteiger partial charge in [-0.2, -0.15) is 0 Å². The van der Waals surface area contributed by atoms with E-state index in [2.05, 4.69) is 11.2 Å². The minimum absolute atomic E-state index is 0.339. The second-order valence-electron chi connectivity index (χ2n) is 2.40. The molecule has 0 saturated carbocycles. The second-order valence-corrected chi connectivity index (χ2v) is 2.40. The average molecular weight is 215 g/mol. The Bertz CT molecular complexity index is 307. The SMILES string of the molecule is CNc1cc(O)c(O)c(O)c1.NNC=O. The van der Waals surface area contributed by atoms with Crippen LogP contribution >= 0.6 is 0 Å². The van der Waals surface area contributed by atoms with E-state index in [4.69, 9.17) is 20.1 Å². The number of carbonyl (C=O) groups is 1. The molecule has 0 aliphatic heterocycles. The molecule has 1 aromatic carbocycles. The number of phenolic OH excluding ortho intramolecular Hbond substituents is 3. The van der Waals surface area contributed by atoms with Crippen molar-refractivity contribution in [3.05, 3.63) is 12.1 Å². The van der Waals surface area contributed by atoms with Crippen LogP contribution in [0.3, 0.4) is 0 Å². The number of carbonyl (C=O) groups excluding carboxylic acids is 1. The highest BCUT2D eigenvalue weighted by Crippen LogP contribution is 2.36. The van der Waals surface area contributed by atoms with E-state index >= 15 is 0 Å². The Morgan fingerprint density at radius 3 is 1.93 bits per heavy atom. The lowest BCUT2D eigenvalue weighted by Gasteiger charge is -2.03. The predicted molar refractivity (Wildman–Crippen MR) is 54.4 cm³/mol. The van der Waals surface area contributed by atoms with Gasteiger partial charge < -0.3 is 20.6 Å². The summed E-state index contributed by atoms with van der Waals surface area (Å²) in [5, 5.41) is 29.5. The fraction of sp³-hybridized carbons (Fsp3) is 0.125. The summed E-state index contributed by atoms with van der Waals surface area (Å²) in [7, 11) is 1.64. The first kappa shape index (κ1) is 12.8. The van der Waals surface area contributed by atoms with Crippen molar-refractivity contribution in [2.24, 2.45) is 5.84 Å². The molecule has 7 heteroatoms. The molecule has 1 aromatic rings. The smallest absolute Gasteiger partial charge is 0.221 e. The van der Waals surface area contributed by atoms with Crippen LogP contribution in [0.15, 0.2) is 12.1 Å². The first-order valence-electron chi connectivity index (χ1n) is 3.89. The fourth-order valence-corrected chi connectivity index (χ4v) is 0.749. The molecule has 1 rings (SSSR count). The molecule has 0 unspecified atom stereocenters. The van der Waals surface area contributed by atoms with Gasteiger partial charge in [0.2, 0.25) is 6.41 Å². The van der Waals surface area contributed by atoms with Crippen LogP contribution in [0.5, 0.6) is 17.2 Å². The Morgan fingerprint density at radius 1 is 1.27 bits per heavy atom. The Balaban J connectivity index is 0.000000423. The number of amides is 1. The summed E-state index contributed by atoms with van der Waals surface area (Å²) < 4.78 is 0. The maximum Gasteiger partial charge on any atom is 0.221 e. The molecule has 0 bridgehead atoms. The summed E-state index contributed by atoms with van der Waals surface area (Å²) in [6.07, 6.45) is 0.403. The molecule has 84 valence electrons. The van der Waals surface area contributed by atoms with Crippen LogP contribution in [-0.2, 0) is 4.79 Å². The van der Waals surface area contributed by atoms with Gasteiger partial charge in [-0.05, 0) is 0 Å². The zero-order chi connectivity index (χ0) is 11.8. The highest BCUT2D eigenvalue weighted by Gasteiger charge is 2.06. The van der Waals surface area contributed by atoms with Gasteiger partial charge >= 0.3 is 0 Å². The standard InChI is InChI=1S/C7H9NO3.CH4N2O/c1-8-4-2-5(9)7(11)6(10)3-4;2-3-1-4/h2-3,8-11H,1H3;1H,2H2,(H,3,4). The fourth-order valence-electron chi connectivity index (χ4n) is 0.749. The molecule has 0 spiro atoms. The topological polar surface area (TPSA) is 128 Å². The molecule has 0 radical (unpaired) electrons. The highest BCUT2D eigenvalue weighted by atomic mass is 16.3. The number of rotatable bonds is 2. The van der Waals surface area contributed by atoms with E-state index in [0.29, 0.717) is 12.1 Å². The summed E-state index contributed by atoms with van der Waals surface area (Å²) in [6, 6.07) is 2.63. The molecule has 0 atom stereocenters. The van der Waals surface area contributed by atoms with Crippen LogP contribution < -0.4 is 16.6 Å². The van der Waals surface area contributed by atoms with Crippen molar-refractivity contribution in [1.82, 2.24) is 5.43 Å². The van der Waals surface area contributed by atoms with E-state index in [1.165, 1.54) is 12.1 Å². The maximum absolute atomic E-state index is 8.96. The van der Waals surface area contributed by atoms with Gasteiger partial charge in [-0.25, -0.2) is 5.84 Å². The lowest BCUT2D eigenvalue weighted by molar-refractivity contribution is -0.109. The summed E-state index contributed by atoms with van der Waals surface area (Å²) in [5.41, 5.74) is 2.29. The number of nitrogens with two attached hydrogens (primary N) is 1. The zero-order valence-electron chi connectivity index (χ0n) is 8.06. The highest BCUT2D eigenvalue weighted by molar-refractivity contribution is 5.60. The van der Waals surface area contributed by atoms with Crippen molar-refractivity contribution in [1.29, 1.82) is 0 Å². The number of benzene rings is 1. The van der Waals surface area contributed by atoms with E-state index in [9.17, 15) is 0 Å². The number of nitrogens with one attached hydrogen (secondary N) is 2. The van der Waals surface area contributed by atoms with Gasteiger partial charge in [-0.15, -0.1) is 0 Å². The van der Waals surface area contributed by atoms with Crippen LogP contribution in [0.4, 0.5) is 5.69 Å². The largest absolute Gasteiger partial charge is 0.504 e. The van der Waals surface area contributed by atoms with Crippen LogP contribution in [0.25, 0.3) is 0 Å². The monoisotopic (exact) mass is 215 g/mol. The summed E-state index contributed by atoms with van der Waals surface area (Å²) in [6.45, 7) is 0. The molecule has 0 heterocycles. The van der Waals surface area contributed by atoms with Crippen molar-refractivity contribution < 1.29 is 20.1 Å². The van der Waals surface area contributed by atoms with Gasteiger partial charge in [0.25, 0.3) is 0 Å². The Hall–Kier alpha value is -2.15. The molecular formula is C8H13N3O4. The third kappa shape index (κ3) is 4.05. The van der Waals surface area contributed by atoms with E-state index in [0.717, 1.165) is 0 Å². The number of aromatic hydroxyl groups is 3. The molecule has 7 nitrogen and oxygen atoms in total. The van der Waals surface area contributed by atoms with E-state index in [-0.39, 0.29) is 11.5 Å². The lowest BCUT2D eigenvalue weighted by Crippen LogP contribution is -2.18. The minimum atomic E-state index is -0.496. The van der Waals surface area contributed by atoms with Crippen molar-refractivity contribution in [3.8, 4) is 17.2 Å². The first-order chi connectivity index (χ1) is 7.06. The second kappa shape index (κ2) is 6.33. The number of hydrogen-bond acceptors (Lipinski definition) is 6. The predicted octanol–water partition coefficient (Wildman–Crippen LogP) is -0.549. The van der Waals surface area contributed by atoms with E-state index in [1.807, 2.05) is 0 Å².